The number of aliphatic hydroxyl groups is 1. The SMILES string of the molecule is Cc1ccc2ccc3c(c2c1)CC[C@]1(C)C[C@@H](O)C[C@@H]31. The van der Waals surface area contributed by atoms with Gasteiger partial charge in [0.25, 0.3) is 0 Å². The zero-order valence-corrected chi connectivity index (χ0v) is 12.3. The van der Waals surface area contributed by atoms with Gasteiger partial charge in [-0.3, -0.25) is 0 Å². The summed E-state index contributed by atoms with van der Waals surface area (Å²) in [6, 6.07) is 11.4. The van der Waals surface area contributed by atoms with E-state index in [-0.39, 0.29) is 6.10 Å². The van der Waals surface area contributed by atoms with Crippen LogP contribution in [0.4, 0.5) is 0 Å². The van der Waals surface area contributed by atoms with Crippen LogP contribution in [0.5, 0.6) is 0 Å². The second kappa shape index (κ2) is 4.08. The van der Waals surface area contributed by atoms with Gasteiger partial charge in [0, 0.05) is 0 Å². The first kappa shape index (κ1) is 12.4. The molecule has 0 amide bonds. The minimum Gasteiger partial charge on any atom is -0.393 e. The van der Waals surface area contributed by atoms with Crippen molar-refractivity contribution in [3.63, 3.8) is 0 Å². The van der Waals surface area contributed by atoms with Crippen LogP contribution in [0.1, 0.15) is 48.8 Å². The second-order valence-electron chi connectivity index (χ2n) is 7.16. The smallest absolute Gasteiger partial charge is 0.0551 e. The first-order valence-electron chi connectivity index (χ1n) is 7.77. The summed E-state index contributed by atoms with van der Waals surface area (Å²) >= 11 is 0. The van der Waals surface area contributed by atoms with Crippen molar-refractivity contribution >= 4 is 10.8 Å². The number of benzene rings is 2. The van der Waals surface area contributed by atoms with E-state index >= 15 is 0 Å². The van der Waals surface area contributed by atoms with Gasteiger partial charge in [-0.25, -0.2) is 0 Å². The minimum atomic E-state index is -0.107. The van der Waals surface area contributed by atoms with Crippen LogP contribution in [-0.4, -0.2) is 11.2 Å². The molecule has 3 atom stereocenters. The second-order valence-corrected chi connectivity index (χ2v) is 7.16. The maximum absolute atomic E-state index is 10.1. The molecule has 2 aliphatic rings. The highest BCUT2D eigenvalue weighted by molar-refractivity contribution is 5.88. The van der Waals surface area contributed by atoms with E-state index in [0.717, 1.165) is 19.3 Å². The molecule has 2 aromatic carbocycles. The molecule has 0 aliphatic heterocycles. The summed E-state index contributed by atoms with van der Waals surface area (Å²) in [6.07, 6.45) is 4.19. The molecule has 1 heteroatoms. The lowest BCUT2D eigenvalue weighted by molar-refractivity contribution is 0.159. The Hall–Kier alpha value is -1.34. The molecule has 0 bridgehead atoms. The molecule has 0 radical (unpaired) electrons. The predicted octanol–water partition coefficient (Wildman–Crippen LogP) is 4.34. The van der Waals surface area contributed by atoms with Crippen molar-refractivity contribution in [1.29, 1.82) is 0 Å². The molecule has 104 valence electrons. The monoisotopic (exact) mass is 266 g/mol. The first-order valence-corrected chi connectivity index (χ1v) is 7.77. The fraction of sp³-hybridized carbons (Fsp3) is 0.474. The Kier molecular flexibility index (Phi) is 2.53. The van der Waals surface area contributed by atoms with Crippen LogP contribution in [0.25, 0.3) is 10.8 Å². The molecule has 0 spiro atoms. The van der Waals surface area contributed by atoms with Gasteiger partial charge in [0.2, 0.25) is 0 Å². The fourth-order valence-electron chi connectivity index (χ4n) is 4.63. The molecule has 0 aromatic heterocycles. The molecule has 2 aromatic rings. The maximum Gasteiger partial charge on any atom is 0.0551 e. The highest BCUT2D eigenvalue weighted by Gasteiger charge is 2.46. The van der Waals surface area contributed by atoms with Gasteiger partial charge in [-0.05, 0) is 65.8 Å². The van der Waals surface area contributed by atoms with Gasteiger partial charge >= 0.3 is 0 Å². The van der Waals surface area contributed by atoms with E-state index in [4.69, 9.17) is 0 Å². The molecule has 0 saturated heterocycles. The lowest BCUT2D eigenvalue weighted by Gasteiger charge is -2.38. The molecular weight excluding hydrogens is 244 g/mol. The molecular formula is C19H22O. The van der Waals surface area contributed by atoms with Crippen molar-refractivity contribution in [2.24, 2.45) is 5.41 Å². The number of rotatable bonds is 0. The van der Waals surface area contributed by atoms with Gasteiger partial charge < -0.3 is 5.11 Å². The Morgan fingerprint density at radius 2 is 2.00 bits per heavy atom. The summed E-state index contributed by atoms with van der Waals surface area (Å²) in [5.74, 6) is 0.547. The molecule has 1 saturated carbocycles. The molecule has 1 fully saturated rings. The summed E-state index contributed by atoms with van der Waals surface area (Å²) in [6.45, 7) is 4.54. The lowest BCUT2D eigenvalue weighted by atomic mass is 9.66. The topological polar surface area (TPSA) is 20.2 Å². The average molecular weight is 266 g/mol. The first-order chi connectivity index (χ1) is 9.57. The van der Waals surface area contributed by atoms with E-state index in [1.807, 2.05) is 0 Å². The Labute approximate surface area is 120 Å². The highest BCUT2D eigenvalue weighted by Crippen LogP contribution is 2.56. The molecule has 2 aliphatic carbocycles. The summed E-state index contributed by atoms with van der Waals surface area (Å²) in [4.78, 5) is 0. The summed E-state index contributed by atoms with van der Waals surface area (Å²) < 4.78 is 0. The zero-order chi connectivity index (χ0) is 13.9. The van der Waals surface area contributed by atoms with E-state index in [1.165, 1.54) is 28.3 Å². The van der Waals surface area contributed by atoms with Crippen molar-refractivity contribution in [3.05, 3.63) is 47.0 Å². The average Bonchev–Trinajstić information content (AvgIpc) is 2.72. The number of hydrogen-bond donors (Lipinski definition) is 1. The largest absolute Gasteiger partial charge is 0.393 e. The Bertz CT molecular complexity index is 687. The number of aliphatic hydroxyl groups excluding tert-OH is 1. The van der Waals surface area contributed by atoms with E-state index in [2.05, 4.69) is 44.2 Å². The zero-order valence-electron chi connectivity index (χ0n) is 12.3. The van der Waals surface area contributed by atoms with Crippen LogP contribution >= 0.6 is 0 Å². The van der Waals surface area contributed by atoms with Crippen LogP contribution in [0, 0.1) is 12.3 Å². The van der Waals surface area contributed by atoms with Gasteiger partial charge in [-0.15, -0.1) is 0 Å². The lowest BCUT2D eigenvalue weighted by Crippen LogP contribution is -2.26. The number of aryl methyl sites for hydroxylation is 2. The Morgan fingerprint density at radius 3 is 2.85 bits per heavy atom. The predicted molar refractivity (Wildman–Crippen MR) is 83.1 cm³/mol. The van der Waals surface area contributed by atoms with Crippen molar-refractivity contribution in [3.8, 4) is 0 Å². The molecule has 1 N–H and O–H groups in total. The molecule has 0 unspecified atom stereocenters. The van der Waals surface area contributed by atoms with E-state index in [1.54, 1.807) is 5.56 Å². The molecule has 0 heterocycles. The van der Waals surface area contributed by atoms with E-state index < -0.39 is 0 Å². The summed E-state index contributed by atoms with van der Waals surface area (Å²) in [5, 5.41) is 12.9. The third-order valence-electron chi connectivity index (χ3n) is 5.70. The summed E-state index contributed by atoms with van der Waals surface area (Å²) in [5.41, 5.74) is 4.70. The molecule has 1 nitrogen and oxygen atoms in total. The van der Waals surface area contributed by atoms with Crippen molar-refractivity contribution < 1.29 is 5.11 Å². The quantitative estimate of drug-likeness (QED) is 0.752. The number of hydrogen-bond acceptors (Lipinski definition) is 1. The van der Waals surface area contributed by atoms with Crippen LogP contribution < -0.4 is 0 Å². The standard InChI is InChI=1S/C19H22O/c1-12-3-4-13-5-6-16-15(17(13)9-12)7-8-19(2)11-14(20)10-18(16)19/h3-6,9,14,18,20H,7-8,10-11H2,1-2H3/t14-,18-,19+/m0/s1. The van der Waals surface area contributed by atoms with Crippen LogP contribution in [0.3, 0.4) is 0 Å². The number of fused-ring (bicyclic) bond motifs is 5. The third-order valence-corrected chi connectivity index (χ3v) is 5.70. The van der Waals surface area contributed by atoms with E-state index in [0.29, 0.717) is 11.3 Å². The fourth-order valence-corrected chi connectivity index (χ4v) is 4.63. The van der Waals surface area contributed by atoms with Gasteiger partial charge in [0.1, 0.15) is 0 Å². The molecule has 20 heavy (non-hydrogen) atoms. The van der Waals surface area contributed by atoms with Crippen LogP contribution in [0.2, 0.25) is 0 Å². The van der Waals surface area contributed by atoms with Crippen LogP contribution in [0.15, 0.2) is 30.3 Å². The van der Waals surface area contributed by atoms with Crippen LogP contribution in [-0.2, 0) is 6.42 Å². The normalized spacial score (nSPS) is 32.1. The Morgan fingerprint density at radius 1 is 1.20 bits per heavy atom. The van der Waals surface area contributed by atoms with Gasteiger partial charge in [0.05, 0.1) is 6.10 Å². The highest BCUT2D eigenvalue weighted by atomic mass is 16.3. The van der Waals surface area contributed by atoms with E-state index in [9.17, 15) is 5.11 Å². The maximum atomic E-state index is 10.1. The molecule has 4 rings (SSSR count). The third kappa shape index (κ3) is 1.66. The summed E-state index contributed by atoms with van der Waals surface area (Å²) in [7, 11) is 0. The van der Waals surface area contributed by atoms with Crippen molar-refractivity contribution in [2.45, 2.75) is 51.6 Å². The van der Waals surface area contributed by atoms with Crippen molar-refractivity contribution in [1.82, 2.24) is 0 Å². The van der Waals surface area contributed by atoms with Crippen molar-refractivity contribution in [2.75, 3.05) is 0 Å². The minimum absolute atomic E-state index is 0.107. The van der Waals surface area contributed by atoms with Gasteiger partial charge in [-0.1, -0.05) is 42.8 Å². The van der Waals surface area contributed by atoms with Gasteiger partial charge in [-0.2, -0.15) is 0 Å². The van der Waals surface area contributed by atoms with Gasteiger partial charge in [0.15, 0.2) is 0 Å². The Balaban J connectivity index is 1.94.